The number of amides is 2. The van der Waals surface area contributed by atoms with E-state index in [2.05, 4.69) is 30.6 Å². The monoisotopic (exact) mass is 440 g/mol. The average molecular weight is 441 g/mol. The quantitative estimate of drug-likeness (QED) is 0.235. The third kappa shape index (κ3) is 5.33. The number of para-hydroxylation sites is 4. The Morgan fingerprint density at radius 3 is 1.60 bits per heavy atom. The summed E-state index contributed by atoms with van der Waals surface area (Å²) in [4.78, 5) is 39.1. The molecule has 0 unspecified atom stereocenters. The minimum Gasteiger partial charge on any atom is -0.348 e. The highest BCUT2D eigenvalue weighted by atomic mass is 33.1. The van der Waals surface area contributed by atoms with E-state index < -0.39 is 0 Å². The van der Waals surface area contributed by atoms with Gasteiger partial charge in [0.25, 0.3) is 0 Å². The van der Waals surface area contributed by atoms with Crippen LogP contribution in [0.1, 0.15) is 11.6 Å². The summed E-state index contributed by atoms with van der Waals surface area (Å²) in [7, 11) is 2.69. The molecule has 2 aromatic heterocycles. The van der Waals surface area contributed by atoms with Crippen molar-refractivity contribution in [1.82, 2.24) is 30.6 Å². The highest BCUT2D eigenvalue weighted by Gasteiger charge is 2.08. The Bertz CT molecular complexity index is 1010. The Morgan fingerprint density at radius 1 is 0.733 bits per heavy atom. The van der Waals surface area contributed by atoms with E-state index in [1.54, 1.807) is 0 Å². The number of imidazole rings is 2. The van der Waals surface area contributed by atoms with Crippen LogP contribution in [0.15, 0.2) is 48.5 Å². The van der Waals surface area contributed by atoms with Crippen LogP contribution in [0.5, 0.6) is 0 Å². The Kier molecular flexibility index (Phi) is 6.55. The van der Waals surface area contributed by atoms with Gasteiger partial charge in [0.1, 0.15) is 11.6 Å². The number of aromatic amines is 2. The third-order valence-electron chi connectivity index (χ3n) is 4.25. The second kappa shape index (κ2) is 9.68. The lowest BCUT2D eigenvalue weighted by molar-refractivity contribution is -0.119. The first-order valence-electron chi connectivity index (χ1n) is 9.32. The summed E-state index contributed by atoms with van der Waals surface area (Å²) in [6, 6.07) is 15.4. The van der Waals surface area contributed by atoms with Gasteiger partial charge < -0.3 is 20.6 Å². The first kappa shape index (κ1) is 20.3. The molecule has 0 fully saturated rings. The molecule has 2 amide bonds. The van der Waals surface area contributed by atoms with E-state index in [4.69, 9.17) is 0 Å². The molecule has 0 radical (unpaired) electrons. The van der Waals surface area contributed by atoms with Gasteiger partial charge in [0.15, 0.2) is 0 Å². The van der Waals surface area contributed by atoms with Gasteiger partial charge in [0.2, 0.25) is 11.8 Å². The van der Waals surface area contributed by atoms with Gasteiger partial charge >= 0.3 is 0 Å². The molecule has 4 N–H and O–H groups in total. The molecule has 2 aromatic carbocycles. The van der Waals surface area contributed by atoms with Gasteiger partial charge in [-0.05, 0) is 24.3 Å². The molecule has 0 saturated carbocycles. The number of H-pyrrole nitrogens is 2. The minimum atomic E-state index is -0.101. The molecule has 154 valence electrons. The molecular weight excluding hydrogens is 420 g/mol. The van der Waals surface area contributed by atoms with E-state index in [1.165, 1.54) is 21.6 Å². The van der Waals surface area contributed by atoms with Crippen LogP contribution in [0.4, 0.5) is 0 Å². The number of carbonyl (C=O) groups is 2. The highest BCUT2D eigenvalue weighted by molar-refractivity contribution is 8.77. The summed E-state index contributed by atoms with van der Waals surface area (Å²) in [5, 5.41) is 5.66. The first-order valence-corrected chi connectivity index (χ1v) is 11.8. The van der Waals surface area contributed by atoms with Crippen molar-refractivity contribution < 1.29 is 9.59 Å². The van der Waals surface area contributed by atoms with Crippen LogP contribution in [0.2, 0.25) is 0 Å². The fourth-order valence-corrected chi connectivity index (χ4v) is 4.56. The average Bonchev–Trinajstić information content (AvgIpc) is 3.37. The Morgan fingerprint density at radius 2 is 1.17 bits per heavy atom. The smallest absolute Gasteiger partial charge is 0.231 e. The summed E-state index contributed by atoms with van der Waals surface area (Å²) in [5.74, 6) is 1.76. The van der Waals surface area contributed by atoms with E-state index in [-0.39, 0.29) is 23.3 Å². The van der Waals surface area contributed by atoms with Crippen molar-refractivity contribution in [2.75, 3.05) is 11.5 Å². The van der Waals surface area contributed by atoms with E-state index >= 15 is 0 Å². The lowest BCUT2D eigenvalue weighted by Crippen LogP contribution is -2.26. The Labute approximate surface area is 180 Å². The molecule has 4 rings (SSSR count). The minimum absolute atomic E-state index is 0.101. The predicted octanol–water partition coefficient (Wildman–Crippen LogP) is 2.75. The summed E-state index contributed by atoms with van der Waals surface area (Å²) in [5.41, 5.74) is 3.64. The second-order valence-corrected chi connectivity index (χ2v) is 8.94. The molecule has 8 nitrogen and oxygen atoms in total. The standard InChI is InChI=1S/C20H20N6O2S2/c27-19(21-9-17-23-13-5-1-2-6-14(13)24-17)11-29-30-12-20(28)22-10-18-25-15-7-3-4-8-16(15)26-18/h1-8H,9-12H2,(H,21,27)(H,22,28)(H,23,24)(H,25,26). The molecule has 10 heteroatoms. The number of hydrogen-bond acceptors (Lipinski definition) is 6. The van der Waals surface area contributed by atoms with Crippen molar-refractivity contribution in [3.05, 3.63) is 60.2 Å². The fourth-order valence-electron chi connectivity index (χ4n) is 2.84. The first-order chi connectivity index (χ1) is 14.7. The predicted molar refractivity (Wildman–Crippen MR) is 121 cm³/mol. The summed E-state index contributed by atoms with van der Waals surface area (Å²) < 4.78 is 0. The summed E-state index contributed by atoms with van der Waals surface area (Å²) >= 11 is 0. The van der Waals surface area contributed by atoms with Crippen LogP contribution in [-0.2, 0) is 22.7 Å². The number of aromatic nitrogens is 4. The van der Waals surface area contributed by atoms with E-state index in [1.807, 2.05) is 48.5 Å². The number of fused-ring (bicyclic) bond motifs is 2. The largest absolute Gasteiger partial charge is 0.348 e. The highest BCUT2D eigenvalue weighted by Crippen LogP contribution is 2.20. The molecule has 0 aliphatic rings. The summed E-state index contributed by atoms with van der Waals surface area (Å²) in [6.45, 7) is 0.688. The molecule has 0 spiro atoms. The van der Waals surface area contributed by atoms with Crippen molar-refractivity contribution >= 4 is 55.5 Å². The van der Waals surface area contributed by atoms with Crippen LogP contribution in [0.3, 0.4) is 0 Å². The van der Waals surface area contributed by atoms with Gasteiger partial charge in [-0.25, -0.2) is 9.97 Å². The zero-order valence-electron chi connectivity index (χ0n) is 16.0. The zero-order chi connectivity index (χ0) is 20.8. The molecular formula is C20H20N6O2S2. The molecule has 0 aliphatic heterocycles. The Balaban J connectivity index is 1.11. The van der Waals surface area contributed by atoms with Gasteiger partial charge in [-0.3, -0.25) is 9.59 Å². The van der Waals surface area contributed by atoms with Gasteiger partial charge in [0.05, 0.1) is 46.7 Å². The number of hydrogen-bond donors (Lipinski definition) is 4. The molecule has 0 bridgehead atoms. The maximum Gasteiger partial charge on any atom is 0.231 e. The van der Waals surface area contributed by atoms with Crippen LogP contribution in [0, 0.1) is 0 Å². The molecule has 2 heterocycles. The number of nitrogens with one attached hydrogen (secondary N) is 4. The number of nitrogens with zero attached hydrogens (tertiary/aromatic N) is 2. The normalized spacial score (nSPS) is 11.1. The topological polar surface area (TPSA) is 116 Å². The Hall–Kier alpha value is -2.98. The second-order valence-electron chi connectivity index (χ2n) is 6.48. The van der Waals surface area contributed by atoms with Crippen molar-refractivity contribution in [1.29, 1.82) is 0 Å². The maximum absolute atomic E-state index is 12.0. The third-order valence-corrected chi connectivity index (χ3v) is 6.38. The van der Waals surface area contributed by atoms with Crippen LogP contribution in [0.25, 0.3) is 22.1 Å². The van der Waals surface area contributed by atoms with Gasteiger partial charge in [-0.1, -0.05) is 45.9 Å². The summed E-state index contributed by atoms with van der Waals surface area (Å²) in [6.07, 6.45) is 0. The van der Waals surface area contributed by atoms with Crippen LogP contribution >= 0.6 is 21.6 Å². The van der Waals surface area contributed by atoms with Crippen molar-refractivity contribution in [3.63, 3.8) is 0 Å². The maximum atomic E-state index is 12.0. The van der Waals surface area contributed by atoms with Crippen molar-refractivity contribution in [3.8, 4) is 0 Å². The van der Waals surface area contributed by atoms with Gasteiger partial charge in [0, 0.05) is 0 Å². The van der Waals surface area contributed by atoms with Crippen LogP contribution in [-0.4, -0.2) is 43.3 Å². The number of rotatable bonds is 9. The van der Waals surface area contributed by atoms with E-state index in [0.29, 0.717) is 24.7 Å². The lowest BCUT2D eigenvalue weighted by Gasteiger charge is -2.04. The molecule has 30 heavy (non-hydrogen) atoms. The molecule has 0 saturated heterocycles. The van der Waals surface area contributed by atoms with Crippen molar-refractivity contribution in [2.45, 2.75) is 13.1 Å². The SMILES string of the molecule is O=C(CSSCC(=O)NCc1nc2ccccc2[nH]1)NCc1nc2ccccc2[nH]1. The molecule has 0 atom stereocenters. The van der Waals surface area contributed by atoms with Gasteiger partial charge in [-0.15, -0.1) is 0 Å². The van der Waals surface area contributed by atoms with E-state index in [9.17, 15) is 9.59 Å². The fraction of sp³-hybridized carbons (Fsp3) is 0.200. The number of benzene rings is 2. The zero-order valence-corrected chi connectivity index (χ0v) is 17.6. The lowest BCUT2D eigenvalue weighted by atomic mass is 10.3. The molecule has 4 aromatic rings. The molecule has 0 aliphatic carbocycles. The van der Waals surface area contributed by atoms with Gasteiger partial charge in [-0.2, -0.15) is 0 Å². The van der Waals surface area contributed by atoms with Crippen molar-refractivity contribution in [2.24, 2.45) is 0 Å². The van der Waals surface area contributed by atoms with Crippen LogP contribution < -0.4 is 10.6 Å². The number of carbonyl (C=O) groups excluding carboxylic acids is 2. The van der Waals surface area contributed by atoms with E-state index in [0.717, 1.165) is 22.1 Å².